The van der Waals surface area contributed by atoms with Crippen molar-refractivity contribution in [1.82, 2.24) is 4.72 Å². The lowest BCUT2D eigenvalue weighted by molar-refractivity contribution is 0.566. The monoisotopic (exact) mass is 347 g/mol. The van der Waals surface area contributed by atoms with Crippen LogP contribution in [0.25, 0.3) is 0 Å². The second kappa shape index (κ2) is 6.04. The smallest absolute Gasteiger partial charge is 0.207 e. The van der Waals surface area contributed by atoms with Crippen molar-refractivity contribution in [1.29, 1.82) is 0 Å². The van der Waals surface area contributed by atoms with E-state index in [1.807, 2.05) is 0 Å². The van der Waals surface area contributed by atoms with E-state index in [1.54, 1.807) is 32.9 Å². The third-order valence-electron chi connectivity index (χ3n) is 3.05. The van der Waals surface area contributed by atoms with E-state index in [4.69, 9.17) is 11.6 Å². The molecule has 114 valence electrons. The number of hydrogen-bond acceptors (Lipinski definition) is 3. The number of aryl methyl sites for hydroxylation is 2. The molecule has 0 aliphatic carbocycles. The van der Waals surface area contributed by atoms with Gasteiger partial charge in [0.05, 0.1) is 15.3 Å². The van der Waals surface area contributed by atoms with Crippen LogP contribution in [0.4, 0.5) is 4.39 Å². The van der Waals surface area contributed by atoms with Crippen molar-refractivity contribution in [2.75, 3.05) is 0 Å². The van der Waals surface area contributed by atoms with Gasteiger partial charge in [0.15, 0.2) is 0 Å². The molecule has 0 bridgehead atoms. The van der Waals surface area contributed by atoms with Crippen molar-refractivity contribution in [2.24, 2.45) is 0 Å². The zero-order chi connectivity index (χ0) is 15.8. The average Bonchev–Trinajstić information content (AvgIpc) is 2.73. The zero-order valence-corrected chi connectivity index (χ0v) is 14.2. The van der Waals surface area contributed by atoms with E-state index in [0.29, 0.717) is 15.5 Å². The van der Waals surface area contributed by atoms with E-state index in [1.165, 1.54) is 23.5 Å². The Kier molecular flexibility index (Phi) is 4.72. The van der Waals surface area contributed by atoms with Crippen LogP contribution in [-0.2, 0) is 10.0 Å². The Labute approximate surface area is 132 Å². The van der Waals surface area contributed by atoms with E-state index < -0.39 is 21.9 Å². The molecule has 1 heterocycles. The number of thiophene rings is 1. The Balaban J connectivity index is 2.35. The SMILES string of the molecule is Cc1cc(F)cc(C)c1S(=O)(=O)NC(C)c1ccc(Cl)s1. The third kappa shape index (κ3) is 3.63. The maximum atomic E-state index is 13.3. The minimum atomic E-state index is -3.73. The van der Waals surface area contributed by atoms with Crippen LogP contribution >= 0.6 is 22.9 Å². The topological polar surface area (TPSA) is 46.2 Å². The standard InChI is InChI=1S/C14H15ClFNO2S2/c1-8-6-11(16)7-9(2)14(8)21(18,19)17-10(3)12-4-5-13(15)20-12/h4-7,10,17H,1-3H3. The van der Waals surface area contributed by atoms with Gasteiger partial charge in [0.2, 0.25) is 10.0 Å². The molecular formula is C14H15ClFNO2S2. The quantitative estimate of drug-likeness (QED) is 0.901. The molecule has 1 atom stereocenters. The summed E-state index contributed by atoms with van der Waals surface area (Å²) in [5.74, 6) is -0.443. The van der Waals surface area contributed by atoms with Crippen LogP contribution in [0.2, 0.25) is 4.34 Å². The Hall–Kier alpha value is -0.950. The van der Waals surface area contributed by atoms with Gasteiger partial charge in [-0.25, -0.2) is 17.5 Å². The predicted octanol–water partition coefficient (Wildman–Crippen LogP) is 4.20. The second-order valence-electron chi connectivity index (χ2n) is 4.85. The third-order valence-corrected chi connectivity index (χ3v) is 6.31. The summed E-state index contributed by atoms with van der Waals surface area (Å²) >= 11 is 7.18. The molecule has 3 nitrogen and oxygen atoms in total. The van der Waals surface area contributed by atoms with Gasteiger partial charge in [0, 0.05) is 4.88 Å². The number of rotatable bonds is 4. The average molecular weight is 348 g/mol. The molecule has 0 aliphatic rings. The fourth-order valence-electron chi connectivity index (χ4n) is 2.23. The van der Waals surface area contributed by atoms with Crippen LogP contribution in [0.5, 0.6) is 0 Å². The first kappa shape index (κ1) is 16.4. The molecule has 0 saturated carbocycles. The Morgan fingerprint density at radius 1 is 1.24 bits per heavy atom. The molecule has 0 amide bonds. The maximum absolute atomic E-state index is 13.3. The van der Waals surface area contributed by atoms with Gasteiger partial charge < -0.3 is 0 Å². The molecule has 2 aromatic rings. The lowest BCUT2D eigenvalue weighted by atomic mass is 10.1. The number of hydrogen-bond donors (Lipinski definition) is 1. The van der Waals surface area contributed by atoms with Crippen LogP contribution in [0, 0.1) is 19.7 Å². The summed E-state index contributed by atoms with van der Waals surface area (Å²) in [4.78, 5) is 0.944. The minimum Gasteiger partial charge on any atom is -0.207 e. The highest BCUT2D eigenvalue weighted by Crippen LogP contribution is 2.29. The van der Waals surface area contributed by atoms with E-state index in [0.717, 1.165) is 4.88 Å². The molecule has 7 heteroatoms. The Morgan fingerprint density at radius 2 is 1.81 bits per heavy atom. The molecular weight excluding hydrogens is 333 g/mol. The van der Waals surface area contributed by atoms with Gasteiger partial charge in [0.1, 0.15) is 5.82 Å². The Morgan fingerprint density at radius 3 is 2.29 bits per heavy atom. The fourth-order valence-corrected chi connectivity index (χ4v) is 5.05. The number of benzene rings is 1. The van der Waals surface area contributed by atoms with Gasteiger partial charge in [-0.15, -0.1) is 11.3 Å². The summed E-state index contributed by atoms with van der Waals surface area (Å²) in [5, 5.41) is 0. The van der Waals surface area contributed by atoms with Crippen LogP contribution in [0.15, 0.2) is 29.2 Å². The second-order valence-corrected chi connectivity index (χ2v) is 8.25. The molecule has 0 fully saturated rings. The number of halogens is 2. The molecule has 0 spiro atoms. The summed E-state index contributed by atoms with van der Waals surface area (Å²) in [6.07, 6.45) is 0. The summed E-state index contributed by atoms with van der Waals surface area (Å²) in [7, 11) is -3.73. The van der Waals surface area contributed by atoms with Gasteiger partial charge in [-0.1, -0.05) is 11.6 Å². The van der Waals surface area contributed by atoms with Gasteiger partial charge in [-0.05, 0) is 56.2 Å². The summed E-state index contributed by atoms with van der Waals surface area (Å²) in [6.45, 7) is 4.91. The van der Waals surface area contributed by atoms with Gasteiger partial charge in [0.25, 0.3) is 0 Å². The van der Waals surface area contributed by atoms with E-state index in [9.17, 15) is 12.8 Å². The Bertz CT molecular complexity index is 748. The first-order chi connectivity index (χ1) is 9.70. The van der Waals surface area contributed by atoms with Crippen molar-refractivity contribution < 1.29 is 12.8 Å². The van der Waals surface area contributed by atoms with E-state index in [2.05, 4.69) is 4.72 Å². The molecule has 1 N–H and O–H groups in total. The molecule has 1 aromatic carbocycles. The van der Waals surface area contributed by atoms with Crippen molar-refractivity contribution in [3.8, 4) is 0 Å². The lowest BCUT2D eigenvalue weighted by Crippen LogP contribution is -2.27. The normalized spacial score (nSPS) is 13.4. The fraction of sp³-hybridized carbons (Fsp3) is 0.286. The zero-order valence-electron chi connectivity index (χ0n) is 11.8. The van der Waals surface area contributed by atoms with Crippen molar-refractivity contribution >= 4 is 33.0 Å². The first-order valence-electron chi connectivity index (χ1n) is 6.25. The molecule has 2 rings (SSSR count). The molecule has 0 aliphatic heterocycles. The summed E-state index contributed by atoms with van der Waals surface area (Å²) in [5.41, 5.74) is 0.771. The van der Waals surface area contributed by atoms with Crippen LogP contribution in [-0.4, -0.2) is 8.42 Å². The molecule has 21 heavy (non-hydrogen) atoms. The molecule has 1 aromatic heterocycles. The van der Waals surface area contributed by atoms with E-state index >= 15 is 0 Å². The van der Waals surface area contributed by atoms with Crippen LogP contribution in [0.1, 0.15) is 29.0 Å². The van der Waals surface area contributed by atoms with Crippen molar-refractivity contribution in [3.63, 3.8) is 0 Å². The maximum Gasteiger partial charge on any atom is 0.241 e. The van der Waals surface area contributed by atoms with Gasteiger partial charge in [-0.2, -0.15) is 0 Å². The van der Waals surface area contributed by atoms with Crippen LogP contribution < -0.4 is 4.72 Å². The van der Waals surface area contributed by atoms with Crippen molar-refractivity contribution in [3.05, 3.63) is 50.4 Å². The van der Waals surface area contributed by atoms with E-state index in [-0.39, 0.29) is 4.90 Å². The molecule has 0 saturated heterocycles. The van der Waals surface area contributed by atoms with Gasteiger partial charge in [-0.3, -0.25) is 0 Å². The highest BCUT2D eigenvalue weighted by Gasteiger charge is 2.23. The molecule has 0 radical (unpaired) electrons. The van der Waals surface area contributed by atoms with Gasteiger partial charge >= 0.3 is 0 Å². The predicted molar refractivity (Wildman–Crippen MR) is 83.9 cm³/mol. The lowest BCUT2D eigenvalue weighted by Gasteiger charge is -2.16. The molecule has 1 unspecified atom stereocenters. The summed E-state index contributed by atoms with van der Waals surface area (Å²) in [6, 6.07) is 5.53. The van der Waals surface area contributed by atoms with Crippen molar-refractivity contribution in [2.45, 2.75) is 31.7 Å². The highest BCUT2D eigenvalue weighted by molar-refractivity contribution is 7.89. The number of sulfonamides is 1. The largest absolute Gasteiger partial charge is 0.241 e. The first-order valence-corrected chi connectivity index (χ1v) is 8.93. The minimum absolute atomic E-state index is 0.124. The van der Waals surface area contributed by atoms with Crippen LogP contribution in [0.3, 0.4) is 0 Å². The number of nitrogens with one attached hydrogen (secondary N) is 1. The highest BCUT2D eigenvalue weighted by atomic mass is 35.5. The summed E-state index contributed by atoms with van der Waals surface area (Å²) < 4.78 is 41.5.